The average Bonchev–Trinajstić information content (AvgIpc) is 2.34. The van der Waals surface area contributed by atoms with Gasteiger partial charge < -0.3 is 16.0 Å². The predicted molar refractivity (Wildman–Crippen MR) is 68.3 cm³/mol. The van der Waals surface area contributed by atoms with Crippen LogP contribution in [-0.4, -0.2) is 41.8 Å². The third-order valence-electron chi connectivity index (χ3n) is 2.02. The number of nitrogens with zero attached hydrogens (tertiary/aromatic N) is 2. The van der Waals surface area contributed by atoms with Crippen molar-refractivity contribution in [3.8, 4) is 0 Å². The largest absolute Gasteiger partial charge is 0.366 e. The summed E-state index contributed by atoms with van der Waals surface area (Å²) < 4.78 is 0. The first-order chi connectivity index (χ1) is 7.83. The van der Waals surface area contributed by atoms with Crippen molar-refractivity contribution in [3.63, 3.8) is 0 Å². The minimum atomic E-state index is 0.678. The van der Waals surface area contributed by atoms with Gasteiger partial charge in [0.2, 0.25) is 0 Å². The molecule has 0 fully saturated rings. The SMILES string of the molecule is CNC(=S)NCCNCCc1ccncn1. The van der Waals surface area contributed by atoms with Crippen LogP contribution in [-0.2, 0) is 6.42 Å². The van der Waals surface area contributed by atoms with Crippen LogP contribution >= 0.6 is 12.2 Å². The van der Waals surface area contributed by atoms with E-state index in [1.54, 1.807) is 19.6 Å². The summed E-state index contributed by atoms with van der Waals surface area (Å²) in [4.78, 5) is 8.01. The molecular formula is C10H17N5S. The topological polar surface area (TPSA) is 61.9 Å². The van der Waals surface area contributed by atoms with Crippen LogP contribution in [0.15, 0.2) is 18.6 Å². The third-order valence-corrected chi connectivity index (χ3v) is 2.36. The van der Waals surface area contributed by atoms with E-state index in [1.807, 2.05) is 6.07 Å². The van der Waals surface area contributed by atoms with Crippen molar-refractivity contribution in [1.29, 1.82) is 0 Å². The smallest absolute Gasteiger partial charge is 0.166 e. The zero-order chi connectivity index (χ0) is 11.6. The molecule has 1 aromatic rings. The number of hydrogen-bond donors (Lipinski definition) is 3. The molecule has 1 heterocycles. The summed E-state index contributed by atoms with van der Waals surface area (Å²) >= 11 is 4.94. The maximum atomic E-state index is 4.94. The van der Waals surface area contributed by atoms with E-state index in [4.69, 9.17) is 12.2 Å². The van der Waals surface area contributed by atoms with Gasteiger partial charge in [-0.3, -0.25) is 0 Å². The Bertz CT molecular complexity index is 303. The quantitative estimate of drug-likeness (QED) is 0.468. The van der Waals surface area contributed by atoms with Gasteiger partial charge in [-0.2, -0.15) is 0 Å². The maximum absolute atomic E-state index is 4.94. The van der Waals surface area contributed by atoms with Gasteiger partial charge in [-0.1, -0.05) is 0 Å². The van der Waals surface area contributed by atoms with Crippen LogP contribution in [0.1, 0.15) is 5.69 Å². The van der Waals surface area contributed by atoms with Crippen LogP contribution in [0.2, 0.25) is 0 Å². The second-order valence-corrected chi connectivity index (χ2v) is 3.61. The Morgan fingerprint density at radius 2 is 2.25 bits per heavy atom. The van der Waals surface area contributed by atoms with Gasteiger partial charge in [-0.05, 0) is 18.3 Å². The molecule has 0 saturated carbocycles. The summed E-state index contributed by atoms with van der Waals surface area (Å²) in [5.41, 5.74) is 1.06. The Labute approximate surface area is 101 Å². The molecule has 0 aromatic carbocycles. The minimum absolute atomic E-state index is 0.678. The molecule has 0 atom stereocenters. The Morgan fingerprint density at radius 1 is 1.38 bits per heavy atom. The number of aromatic nitrogens is 2. The van der Waals surface area contributed by atoms with Crippen LogP contribution in [0.4, 0.5) is 0 Å². The normalized spacial score (nSPS) is 9.81. The van der Waals surface area contributed by atoms with Gasteiger partial charge in [0, 0.05) is 45.0 Å². The molecule has 3 N–H and O–H groups in total. The molecule has 0 aliphatic rings. The van der Waals surface area contributed by atoms with E-state index in [9.17, 15) is 0 Å². The van der Waals surface area contributed by atoms with Crippen LogP contribution in [0, 0.1) is 0 Å². The molecule has 1 rings (SSSR count). The molecule has 88 valence electrons. The average molecular weight is 239 g/mol. The van der Waals surface area contributed by atoms with Crippen molar-refractivity contribution < 1.29 is 0 Å². The van der Waals surface area contributed by atoms with E-state index in [2.05, 4.69) is 25.9 Å². The zero-order valence-corrected chi connectivity index (χ0v) is 10.2. The standard InChI is InChI=1S/C10H17N5S/c1-11-10(16)14-7-6-12-4-2-9-3-5-13-8-15-9/h3,5,8,12H,2,4,6-7H2,1H3,(H2,11,14,16). The Kier molecular flexibility index (Phi) is 6.36. The van der Waals surface area contributed by atoms with E-state index in [0.29, 0.717) is 5.11 Å². The van der Waals surface area contributed by atoms with Gasteiger partial charge in [0.05, 0.1) is 0 Å². The van der Waals surface area contributed by atoms with Crippen molar-refractivity contribution in [2.24, 2.45) is 0 Å². The van der Waals surface area contributed by atoms with E-state index in [0.717, 1.165) is 31.7 Å². The second kappa shape index (κ2) is 7.95. The van der Waals surface area contributed by atoms with Crippen molar-refractivity contribution >= 4 is 17.3 Å². The van der Waals surface area contributed by atoms with Gasteiger partial charge in [0.15, 0.2) is 5.11 Å². The molecule has 5 nitrogen and oxygen atoms in total. The lowest BCUT2D eigenvalue weighted by molar-refractivity contribution is 0.661. The molecule has 16 heavy (non-hydrogen) atoms. The van der Waals surface area contributed by atoms with E-state index in [-0.39, 0.29) is 0 Å². The van der Waals surface area contributed by atoms with E-state index < -0.39 is 0 Å². The fourth-order valence-corrected chi connectivity index (χ4v) is 1.26. The Hall–Kier alpha value is -1.27. The van der Waals surface area contributed by atoms with E-state index >= 15 is 0 Å². The highest BCUT2D eigenvalue weighted by molar-refractivity contribution is 7.80. The van der Waals surface area contributed by atoms with Gasteiger partial charge >= 0.3 is 0 Å². The molecule has 6 heteroatoms. The lowest BCUT2D eigenvalue weighted by Gasteiger charge is -2.07. The monoisotopic (exact) mass is 239 g/mol. The summed E-state index contributed by atoms with van der Waals surface area (Å²) in [5.74, 6) is 0. The summed E-state index contributed by atoms with van der Waals surface area (Å²) in [6.07, 6.45) is 4.25. The van der Waals surface area contributed by atoms with Crippen LogP contribution < -0.4 is 16.0 Å². The first-order valence-corrected chi connectivity index (χ1v) is 5.65. The fraction of sp³-hybridized carbons (Fsp3) is 0.500. The van der Waals surface area contributed by atoms with Gasteiger partial charge in [0.1, 0.15) is 6.33 Å². The second-order valence-electron chi connectivity index (χ2n) is 3.21. The maximum Gasteiger partial charge on any atom is 0.166 e. The fourth-order valence-electron chi connectivity index (χ4n) is 1.16. The molecule has 1 aromatic heterocycles. The summed E-state index contributed by atoms with van der Waals surface area (Å²) in [5, 5.41) is 9.90. The van der Waals surface area contributed by atoms with Crippen molar-refractivity contribution in [1.82, 2.24) is 25.9 Å². The van der Waals surface area contributed by atoms with Gasteiger partial charge in [0.25, 0.3) is 0 Å². The lowest BCUT2D eigenvalue weighted by Crippen LogP contribution is -2.37. The first-order valence-electron chi connectivity index (χ1n) is 5.24. The number of hydrogen-bond acceptors (Lipinski definition) is 4. The summed E-state index contributed by atoms with van der Waals surface area (Å²) in [7, 11) is 1.80. The highest BCUT2D eigenvalue weighted by Gasteiger charge is 1.93. The van der Waals surface area contributed by atoms with Crippen LogP contribution in [0.3, 0.4) is 0 Å². The zero-order valence-electron chi connectivity index (χ0n) is 9.36. The summed E-state index contributed by atoms with van der Waals surface area (Å²) in [6.45, 7) is 2.61. The molecule has 0 radical (unpaired) electrons. The molecule has 0 aliphatic carbocycles. The van der Waals surface area contributed by atoms with Crippen molar-refractivity contribution in [3.05, 3.63) is 24.3 Å². The highest BCUT2D eigenvalue weighted by atomic mass is 32.1. The highest BCUT2D eigenvalue weighted by Crippen LogP contribution is 1.90. The third kappa shape index (κ3) is 5.57. The molecule has 0 spiro atoms. The molecule has 0 unspecified atom stereocenters. The van der Waals surface area contributed by atoms with Crippen molar-refractivity contribution in [2.45, 2.75) is 6.42 Å². The van der Waals surface area contributed by atoms with Crippen molar-refractivity contribution in [2.75, 3.05) is 26.7 Å². The molecule has 0 bridgehead atoms. The number of thiocarbonyl (C=S) groups is 1. The van der Waals surface area contributed by atoms with E-state index in [1.165, 1.54) is 0 Å². The first kappa shape index (κ1) is 12.8. The van der Waals surface area contributed by atoms with Crippen LogP contribution in [0.5, 0.6) is 0 Å². The summed E-state index contributed by atoms with van der Waals surface area (Å²) in [6, 6.07) is 1.93. The predicted octanol–water partition coefficient (Wildman–Crippen LogP) is -0.297. The van der Waals surface area contributed by atoms with Gasteiger partial charge in [-0.25, -0.2) is 9.97 Å². The lowest BCUT2D eigenvalue weighted by atomic mass is 10.3. The van der Waals surface area contributed by atoms with Crippen LogP contribution in [0.25, 0.3) is 0 Å². The molecule has 0 aliphatic heterocycles. The molecule has 0 amide bonds. The molecular weight excluding hydrogens is 222 g/mol. The number of rotatable bonds is 6. The Balaban J connectivity index is 1.98. The van der Waals surface area contributed by atoms with Gasteiger partial charge in [-0.15, -0.1) is 0 Å². The number of nitrogens with one attached hydrogen (secondary N) is 3. The minimum Gasteiger partial charge on any atom is -0.366 e. The molecule has 0 saturated heterocycles. The Morgan fingerprint density at radius 3 is 2.94 bits per heavy atom.